The number of pyridine rings is 1. The van der Waals surface area contributed by atoms with E-state index in [0.29, 0.717) is 11.3 Å². The minimum absolute atomic E-state index is 0.183. The Labute approximate surface area is 91.6 Å². The van der Waals surface area contributed by atoms with Crippen molar-refractivity contribution in [3.63, 3.8) is 0 Å². The normalized spacial score (nSPS) is 13.9. The van der Waals surface area contributed by atoms with Gasteiger partial charge in [0, 0.05) is 16.7 Å². The molecule has 1 aromatic heterocycles. The Morgan fingerprint density at radius 2 is 2.19 bits per heavy atom. The van der Waals surface area contributed by atoms with Crippen LogP contribution in [0.15, 0.2) is 23.4 Å². The molecule has 16 heavy (non-hydrogen) atoms. The van der Waals surface area contributed by atoms with Crippen LogP contribution < -0.4 is 0 Å². The number of nitrogens with zero attached hydrogens (tertiary/aromatic N) is 4. The van der Waals surface area contributed by atoms with E-state index in [4.69, 9.17) is 10.6 Å². The first-order valence-electron chi connectivity index (χ1n) is 4.61. The van der Waals surface area contributed by atoms with Crippen molar-refractivity contribution in [2.75, 3.05) is 6.54 Å². The van der Waals surface area contributed by atoms with Crippen LogP contribution in [-0.2, 0) is 6.61 Å². The molecule has 0 radical (unpaired) electrons. The van der Waals surface area contributed by atoms with Crippen molar-refractivity contribution in [1.82, 2.24) is 4.98 Å². The summed E-state index contributed by atoms with van der Waals surface area (Å²) >= 11 is 0. The molecule has 86 valence electrons. The van der Waals surface area contributed by atoms with E-state index in [-0.39, 0.29) is 13.2 Å². The molecule has 7 heteroatoms. The second-order valence-electron chi connectivity index (χ2n) is 3.17. The first-order chi connectivity index (χ1) is 7.69. The highest BCUT2D eigenvalue weighted by Crippen LogP contribution is 2.16. The van der Waals surface area contributed by atoms with Crippen molar-refractivity contribution in [2.45, 2.75) is 18.8 Å². The zero-order chi connectivity index (χ0) is 12.0. The predicted molar refractivity (Wildman–Crippen MR) is 55.1 cm³/mol. The van der Waals surface area contributed by atoms with Crippen LogP contribution in [0.25, 0.3) is 10.4 Å². The van der Waals surface area contributed by atoms with Crippen molar-refractivity contribution >= 4 is 0 Å². The highest BCUT2D eigenvalue weighted by Gasteiger charge is 2.17. The van der Waals surface area contributed by atoms with Crippen LogP contribution in [0, 0.1) is 0 Å². The van der Waals surface area contributed by atoms with Gasteiger partial charge in [-0.05, 0) is 11.6 Å². The van der Waals surface area contributed by atoms with Gasteiger partial charge in [0.05, 0.1) is 24.9 Å². The zero-order valence-electron chi connectivity index (χ0n) is 8.43. The van der Waals surface area contributed by atoms with E-state index in [2.05, 4.69) is 15.0 Å². The molecule has 7 nitrogen and oxygen atoms in total. The number of rotatable bonds is 5. The molecular formula is C9H12N4O3. The van der Waals surface area contributed by atoms with Gasteiger partial charge in [0.25, 0.3) is 0 Å². The summed E-state index contributed by atoms with van der Waals surface area (Å²) in [5, 5.41) is 31.0. The molecule has 0 aliphatic carbocycles. The Bertz CT molecular complexity index is 375. The van der Waals surface area contributed by atoms with Crippen LogP contribution >= 0.6 is 0 Å². The summed E-state index contributed by atoms with van der Waals surface area (Å²) in [7, 11) is 0. The lowest BCUT2D eigenvalue weighted by Crippen LogP contribution is -2.21. The van der Waals surface area contributed by atoms with E-state index in [9.17, 15) is 10.2 Å². The summed E-state index contributed by atoms with van der Waals surface area (Å²) in [5.41, 5.74) is 8.93. The third kappa shape index (κ3) is 3.18. The summed E-state index contributed by atoms with van der Waals surface area (Å²) in [6.45, 7) is -0.392. The number of azide groups is 1. The van der Waals surface area contributed by atoms with Gasteiger partial charge in [0.2, 0.25) is 0 Å². The average molecular weight is 224 g/mol. The van der Waals surface area contributed by atoms with Gasteiger partial charge in [0.15, 0.2) is 0 Å². The highest BCUT2D eigenvalue weighted by atomic mass is 16.3. The SMILES string of the molecule is [N-]=[N+]=NCC(O)C(O)c1ccc(CO)nc1. The number of hydrogen-bond acceptors (Lipinski definition) is 5. The molecule has 0 aliphatic rings. The molecule has 0 saturated heterocycles. The maximum absolute atomic E-state index is 9.64. The average Bonchev–Trinajstić information content (AvgIpc) is 2.35. The van der Waals surface area contributed by atoms with E-state index in [0.717, 1.165) is 0 Å². The van der Waals surface area contributed by atoms with E-state index in [1.165, 1.54) is 6.20 Å². The van der Waals surface area contributed by atoms with Crippen LogP contribution in [0.4, 0.5) is 0 Å². The van der Waals surface area contributed by atoms with Gasteiger partial charge in [-0.15, -0.1) is 0 Å². The summed E-state index contributed by atoms with van der Waals surface area (Å²) in [5.74, 6) is 0. The lowest BCUT2D eigenvalue weighted by atomic mass is 10.1. The number of aliphatic hydroxyl groups excluding tert-OH is 3. The lowest BCUT2D eigenvalue weighted by molar-refractivity contribution is 0.0241. The number of hydrogen-bond donors (Lipinski definition) is 3. The molecule has 0 aliphatic heterocycles. The molecule has 1 heterocycles. The molecular weight excluding hydrogens is 212 g/mol. The molecule has 0 bridgehead atoms. The van der Waals surface area contributed by atoms with Crippen molar-refractivity contribution < 1.29 is 15.3 Å². The summed E-state index contributed by atoms with van der Waals surface area (Å²) in [6, 6.07) is 3.08. The summed E-state index contributed by atoms with van der Waals surface area (Å²) < 4.78 is 0. The molecule has 1 aromatic rings. The Morgan fingerprint density at radius 3 is 2.69 bits per heavy atom. The molecule has 0 saturated carbocycles. The molecule has 0 amide bonds. The molecule has 2 unspecified atom stereocenters. The largest absolute Gasteiger partial charge is 0.390 e. The van der Waals surface area contributed by atoms with Gasteiger partial charge in [-0.1, -0.05) is 11.2 Å². The summed E-state index contributed by atoms with van der Waals surface area (Å²) in [4.78, 5) is 6.34. The molecule has 0 fully saturated rings. The van der Waals surface area contributed by atoms with Crippen molar-refractivity contribution in [2.24, 2.45) is 5.11 Å². The molecule has 3 N–H and O–H groups in total. The minimum Gasteiger partial charge on any atom is -0.390 e. The molecule has 2 atom stereocenters. The molecule has 1 rings (SSSR count). The van der Waals surface area contributed by atoms with Gasteiger partial charge in [-0.3, -0.25) is 4.98 Å². The maximum Gasteiger partial charge on any atom is 0.106 e. The molecule has 0 aromatic carbocycles. The van der Waals surface area contributed by atoms with E-state index in [1.54, 1.807) is 12.1 Å². The fourth-order valence-corrected chi connectivity index (χ4v) is 1.15. The van der Waals surface area contributed by atoms with Crippen molar-refractivity contribution in [3.05, 3.63) is 40.0 Å². The quantitative estimate of drug-likeness (QED) is 0.377. The number of aromatic nitrogens is 1. The lowest BCUT2D eigenvalue weighted by Gasteiger charge is -2.15. The number of aliphatic hydroxyl groups is 3. The topological polar surface area (TPSA) is 122 Å². The van der Waals surface area contributed by atoms with Gasteiger partial charge < -0.3 is 15.3 Å². The zero-order valence-corrected chi connectivity index (χ0v) is 8.43. The van der Waals surface area contributed by atoms with Crippen LogP contribution in [0.5, 0.6) is 0 Å². The monoisotopic (exact) mass is 224 g/mol. The maximum atomic E-state index is 9.64. The Hall–Kier alpha value is -1.66. The van der Waals surface area contributed by atoms with E-state index in [1.807, 2.05) is 0 Å². The van der Waals surface area contributed by atoms with E-state index < -0.39 is 12.2 Å². The Morgan fingerprint density at radius 1 is 1.44 bits per heavy atom. The van der Waals surface area contributed by atoms with Gasteiger partial charge >= 0.3 is 0 Å². The first kappa shape index (κ1) is 12.4. The predicted octanol–water partition coefficient (Wildman–Crippen LogP) is 0.279. The van der Waals surface area contributed by atoms with Crippen LogP contribution in [0.3, 0.4) is 0 Å². The third-order valence-corrected chi connectivity index (χ3v) is 2.05. The van der Waals surface area contributed by atoms with E-state index >= 15 is 0 Å². The second-order valence-corrected chi connectivity index (χ2v) is 3.17. The second kappa shape index (κ2) is 6.04. The Balaban J connectivity index is 2.71. The van der Waals surface area contributed by atoms with Crippen LogP contribution in [0.1, 0.15) is 17.4 Å². The third-order valence-electron chi connectivity index (χ3n) is 2.05. The minimum atomic E-state index is -1.17. The van der Waals surface area contributed by atoms with Gasteiger partial charge in [0.1, 0.15) is 6.10 Å². The summed E-state index contributed by atoms with van der Waals surface area (Å²) in [6.07, 6.45) is -0.973. The Kier molecular flexibility index (Phi) is 4.68. The fourth-order valence-electron chi connectivity index (χ4n) is 1.15. The highest BCUT2D eigenvalue weighted by molar-refractivity contribution is 5.17. The van der Waals surface area contributed by atoms with Crippen molar-refractivity contribution in [3.8, 4) is 0 Å². The van der Waals surface area contributed by atoms with Crippen LogP contribution in [-0.4, -0.2) is 33.0 Å². The van der Waals surface area contributed by atoms with Crippen molar-refractivity contribution in [1.29, 1.82) is 0 Å². The molecule has 0 spiro atoms. The fraction of sp³-hybridized carbons (Fsp3) is 0.444. The standard InChI is InChI=1S/C9H12N4O3/c10-13-12-4-8(15)9(16)6-1-2-7(5-14)11-3-6/h1-3,8-9,14-16H,4-5H2. The van der Waals surface area contributed by atoms with Gasteiger partial charge in [-0.25, -0.2) is 0 Å². The van der Waals surface area contributed by atoms with Crippen LogP contribution in [0.2, 0.25) is 0 Å². The first-order valence-corrected chi connectivity index (χ1v) is 4.61. The smallest absolute Gasteiger partial charge is 0.106 e. The van der Waals surface area contributed by atoms with Gasteiger partial charge in [-0.2, -0.15) is 0 Å².